The molecule has 0 unspecified atom stereocenters. The van der Waals surface area contributed by atoms with Crippen LogP contribution >= 0.6 is 11.6 Å². The van der Waals surface area contributed by atoms with Gasteiger partial charge in [-0.25, -0.2) is 0 Å². The van der Waals surface area contributed by atoms with Gasteiger partial charge >= 0.3 is 0 Å². The van der Waals surface area contributed by atoms with Crippen molar-refractivity contribution in [3.8, 4) is 5.75 Å². The van der Waals surface area contributed by atoms with Gasteiger partial charge in [-0.05, 0) is 36.4 Å². The summed E-state index contributed by atoms with van der Waals surface area (Å²) in [6.07, 6.45) is 0. The highest BCUT2D eigenvalue weighted by Crippen LogP contribution is 2.28. The van der Waals surface area contributed by atoms with Crippen molar-refractivity contribution in [1.82, 2.24) is 0 Å². The van der Waals surface area contributed by atoms with Crippen LogP contribution in [-0.4, -0.2) is 27.1 Å². The molecule has 0 saturated heterocycles. The molecule has 0 fully saturated rings. The van der Waals surface area contributed by atoms with Gasteiger partial charge in [-0.2, -0.15) is 0 Å². The Morgan fingerprint density at radius 1 is 1.19 bits per heavy atom. The topological polar surface area (TPSA) is 41.6 Å². The maximum absolute atomic E-state index is 12.3. The van der Waals surface area contributed by atoms with Gasteiger partial charge in [-0.15, -0.1) is 0 Å². The Balaban J connectivity index is 2.28. The van der Waals surface area contributed by atoms with Crippen molar-refractivity contribution >= 4 is 28.9 Å². The third-order valence-electron chi connectivity index (χ3n) is 3.02. The van der Waals surface area contributed by atoms with E-state index in [0.29, 0.717) is 22.0 Å². The van der Waals surface area contributed by atoms with E-state index in [-0.39, 0.29) is 5.91 Å². The van der Waals surface area contributed by atoms with Crippen molar-refractivity contribution in [2.75, 3.05) is 31.4 Å². The van der Waals surface area contributed by atoms with E-state index in [9.17, 15) is 4.79 Å². The molecule has 0 saturated carbocycles. The summed E-state index contributed by atoms with van der Waals surface area (Å²) in [4.78, 5) is 14.3. The molecule has 1 amide bonds. The molecule has 0 atom stereocenters. The normalized spacial score (nSPS) is 10.1. The van der Waals surface area contributed by atoms with E-state index in [4.69, 9.17) is 16.3 Å². The van der Waals surface area contributed by atoms with Crippen LogP contribution in [0.4, 0.5) is 11.4 Å². The van der Waals surface area contributed by atoms with Gasteiger partial charge < -0.3 is 15.0 Å². The van der Waals surface area contributed by atoms with Crippen LogP contribution in [-0.2, 0) is 0 Å². The highest BCUT2D eigenvalue weighted by atomic mass is 35.5. The quantitative estimate of drug-likeness (QED) is 0.937. The standard InChI is InChI=1S/C16H17ClN2O2/c1-19(2)15-8-7-12(17)10-14(15)18-16(20)11-5-4-6-13(9-11)21-3/h4-10H,1-3H3,(H,18,20). The van der Waals surface area contributed by atoms with E-state index in [0.717, 1.165) is 5.69 Å². The molecule has 21 heavy (non-hydrogen) atoms. The number of rotatable bonds is 4. The first-order valence-electron chi connectivity index (χ1n) is 6.43. The summed E-state index contributed by atoms with van der Waals surface area (Å²) in [5.41, 5.74) is 2.08. The molecule has 0 heterocycles. The predicted octanol–water partition coefficient (Wildman–Crippen LogP) is 3.67. The second-order valence-electron chi connectivity index (χ2n) is 4.74. The molecular formula is C16H17ClN2O2. The summed E-state index contributed by atoms with van der Waals surface area (Å²) < 4.78 is 5.13. The number of nitrogens with zero attached hydrogens (tertiary/aromatic N) is 1. The van der Waals surface area contributed by atoms with Crippen LogP contribution in [0.1, 0.15) is 10.4 Å². The van der Waals surface area contributed by atoms with Gasteiger partial charge in [-0.3, -0.25) is 4.79 Å². The van der Waals surface area contributed by atoms with E-state index in [2.05, 4.69) is 5.32 Å². The van der Waals surface area contributed by atoms with Crippen molar-refractivity contribution in [3.05, 3.63) is 53.1 Å². The van der Waals surface area contributed by atoms with E-state index in [1.165, 1.54) is 0 Å². The molecule has 5 heteroatoms. The number of methoxy groups -OCH3 is 1. The first-order valence-corrected chi connectivity index (χ1v) is 6.81. The fourth-order valence-electron chi connectivity index (χ4n) is 1.96. The molecule has 2 aromatic carbocycles. The summed E-state index contributed by atoms with van der Waals surface area (Å²) in [7, 11) is 5.38. The minimum atomic E-state index is -0.209. The number of hydrogen-bond acceptors (Lipinski definition) is 3. The van der Waals surface area contributed by atoms with Crippen molar-refractivity contribution in [2.45, 2.75) is 0 Å². The van der Waals surface area contributed by atoms with Crippen LogP contribution < -0.4 is 15.0 Å². The third kappa shape index (κ3) is 3.67. The summed E-state index contributed by atoms with van der Waals surface area (Å²) in [6, 6.07) is 12.4. The Morgan fingerprint density at radius 2 is 1.95 bits per heavy atom. The number of ether oxygens (including phenoxy) is 1. The lowest BCUT2D eigenvalue weighted by Crippen LogP contribution is -2.16. The lowest BCUT2D eigenvalue weighted by molar-refractivity contribution is 0.102. The zero-order chi connectivity index (χ0) is 15.4. The van der Waals surface area contributed by atoms with Crippen LogP contribution in [0.5, 0.6) is 5.75 Å². The minimum absolute atomic E-state index is 0.209. The molecule has 0 aliphatic rings. The Kier molecular flexibility index (Phi) is 4.70. The Bertz CT molecular complexity index is 656. The fraction of sp³-hybridized carbons (Fsp3) is 0.188. The predicted molar refractivity (Wildman–Crippen MR) is 86.7 cm³/mol. The highest BCUT2D eigenvalue weighted by molar-refractivity contribution is 6.31. The molecular weight excluding hydrogens is 288 g/mol. The van der Waals surface area contributed by atoms with Crippen LogP contribution in [0.2, 0.25) is 5.02 Å². The molecule has 2 aromatic rings. The molecule has 1 N–H and O–H groups in total. The number of anilines is 2. The molecule has 2 rings (SSSR count). The number of carbonyl (C=O) groups excluding carboxylic acids is 1. The smallest absolute Gasteiger partial charge is 0.255 e. The van der Waals surface area contributed by atoms with Gasteiger partial charge in [0.2, 0.25) is 0 Å². The average Bonchev–Trinajstić information content (AvgIpc) is 2.47. The molecule has 4 nitrogen and oxygen atoms in total. The first-order chi connectivity index (χ1) is 10.0. The number of carbonyl (C=O) groups is 1. The van der Waals surface area contributed by atoms with E-state index in [1.54, 1.807) is 43.5 Å². The summed E-state index contributed by atoms with van der Waals surface area (Å²) in [5, 5.41) is 3.45. The summed E-state index contributed by atoms with van der Waals surface area (Å²) >= 11 is 6.01. The summed E-state index contributed by atoms with van der Waals surface area (Å²) in [5.74, 6) is 0.431. The zero-order valence-electron chi connectivity index (χ0n) is 12.2. The highest BCUT2D eigenvalue weighted by Gasteiger charge is 2.11. The van der Waals surface area contributed by atoms with Crippen molar-refractivity contribution in [3.63, 3.8) is 0 Å². The number of benzene rings is 2. The first kappa shape index (κ1) is 15.2. The number of hydrogen-bond donors (Lipinski definition) is 1. The average molecular weight is 305 g/mol. The van der Waals surface area contributed by atoms with Crippen molar-refractivity contribution in [1.29, 1.82) is 0 Å². The number of nitrogens with one attached hydrogen (secondary N) is 1. The van der Waals surface area contributed by atoms with Crippen molar-refractivity contribution < 1.29 is 9.53 Å². The summed E-state index contributed by atoms with van der Waals surface area (Å²) in [6.45, 7) is 0. The number of amides is 1. The maximum Gasteiger partial charge on any atom is 0.255 e. The molecule has 0 aliphatic heterocycles. The molecule has 0 radical (unpaired) electrons. The van der Waals surface area contributed by atoms with E-state index >= 15 is 0 Å². The largest absolute Gasteiger partial charge is 0.497 e. The van der Waals surface area contributed by atoms with E-state index < -0.39 is 0 Å². The second-order valence-corrected chi connectivity index (χ2v) is 5.18. The SMILES string of the molecule is COc1cccc(C(=O)Nc2cc(Cl)ccc2N(C)C)c1. The number of halogens is 1. The van der Waals surface area contributed by atoms with Gasteiger partial charge in [0.05, 0.1) is 18.5 Å². The van der Waals surface area contributed by atoms with E-state index in [1.807, 2.05) is 25.1 Å². The van der Waals surface area contributed by atoms with Crippen molar-refractivity contribution in [2.24, 2.45) is 0 Å². The lowest BCUT2D eigenvalue weighted by atomic mass is 10.2. The third-order valence-corrected chi connectivity index (χ3v) is 3.26. The Morgan fingerprint density at radius 3 is 2.62 bits per heavy atom. The Labute approximate surface area is 129 Å². The zero-order valence-corrected chi connectivity index (χ0v) is 12.9. The molecule has 110 valence electrons. The van der Waals surface area contributed by atoms with Crippen LogP contribution in [0.25, 0.3) is 0 Å². The van der Waals surface area contributed by atoms with Crippen LogP contribution in [0.15, 0.2) is 42.5 Å². The molecule has 0 aliphatic carbocycles. The van der Waals surface area contributed by atoms with Crippen LogP contribution in [0, 0.1) is 0 Å². The monoisotopic (exact) mass is 304 g/mol. The fourth-order valence-corrected chi connectivity index (χ4v) is 2.13. The molecule has 0 spiro atoms. The van der Waals surface area contributed by atoms with Crippen LogP contribution in [0.3, 0.4) is 0 Å². The molecule has 0 aromatic heterocycles. The van der Waals surface area contributed by atoms with Gasteiger partial charge in [0, 0.05) is 24.7 Å². The minimum Gasteiger partial charge on any atom is -0.497 e. The molecule has 0 bridgehead atoms. The van der Waals surface area contributed by atoms with Gasteiger partial charge in [0.1, 0.15) is 5.75 Å². The van der Waals surface area contributed by atoms with Gasteiger partial charge in [0.25, 0.3) is 5.91 Å². The second kappa shape index (κ2) is 6.50. The van der Waals surface area contributed by atoms with Gasteiger partial charge in [0.15, 0.2) is 0 Å². The van der Waals surface area contributed by atoms with Gasteiger partial charge in [-0.1, -0.05) is 17.7 Å². The maximum atomic E-state index is 12.3. The lowest BCUT2D eigenvalue weighted by Gasteiger charge is -2.18. The Hall–Kier alpha value is -2.20.